The van der Waals surface area contributed by atoms with Crippen molar-refractivity contribution in [1.82, 2.24) is 5.32 Å². The summed E-state index contributed by atoms with van der Waals surface area (Å²) in [5.41, 5.74) is 1.85. The van der Waals surface area contributed by atoms with Gasteiger partial charge in [-0.15, -0.1) is 0 Å². The van der Waals surface area contributed by atoms with E-state index in [1.54, 1.807) is 32.4 Å². The zero-order chi connectivity index (χ0) is 19.1. The van der Waals surface area contributed by atoms with E-state index in [0.717, 1.165) is 17.5 Å². The van der Waals surface area contributed by atoms with E-state index in [1.807, 2.05) is 32.0 Å². The predicted octanol–water partition coefficient (Wildman–Crippen LogP) is 4.31. The number of aryl methyl sites for hydroxylation is 1. The van der Waals surface area contributed by atoms with Crippen LogP contribution in [0.4, 0.5) is 0 Å². The van der Waals surface area contributed by atoms with Crippen molar-refractivity contribution in [3.05, 3.63) is 52.5 Å². The number of nitrogens with one attached hydrogen (secondary N) is 1. The van der Waals surface area contributed by atoms with Crippen LogP contribution in [0.3, 0.4) is 0 Å². The highest BCUT2D eigenvalue weighted by Gasteiger charge is 2.16. The standard InChI is InChI=1S/C20H24ClNO4/c1-5-17(14-6-9-18(24-3)19(11-14)25-4)22-20(23)12-26-15-7-8-16(21)13(2)10-15/h6-11,17H,5,12H2,1-4H3,(H,22,23). The van der Waals surface area contributed by atoms with Gasteiger partial charge >= 0.3 is 0 Å². The zero-order valence-electron chi connectivity index (χ0n) is 15.5. The molecule has 0 saturated heterocycles. The average molecular weight is 378 g/mol. The van der Waals surface area contributed by atoms with Gasteiger partial charge < -0.3 is 19.5 Å². The first kappa shape index (κ1) is 19.9. The van der Waals surface area contributed by atoms with Crippen molar-refractivity contribution in [2.75, 3.05) is 20.8 Å². The SMILES string of the molecule is CCC(NC(=O)COc1ccc(Cl)c(C)c1)c1ccc(OC)c(OC)c1. The van der Waals surface area contributed by atoms with Gasteiger partial charge in [0.2, 0.25) is 0 Å². The highest BCUT2D eigenvalue weighted by molar-refractivity contribution is 6.31. The Balaban J connectivity index is 2.00. The van der Waals surface area contributed by atoms with Crippen molar-refractivity contribution < 1.29 is 19.0 Å². The molecular formula is C20H24ClNO4. The van der Waals surface area contributed by atoms with E-state index < -0.39 is 0 Å². The third kappa shape index (κ3) is 5.05. The Hall–Kier alpha value is -2.40. The van der Waals surface area contributed by atoms with Gasteiger partial charge in [0.05, 0.1) is 20.3 Å². The van der Waals surface area contributed by atoms with Gasteiger partial charge in [-0.1, -0.05) is 24.6 Å². The molecule has 0 radical (unpaired) electrons. The van der Waals surface area contributed by atoms with Gasteiger partial charge in [0.25, 0.3) is 5.91 Å². The minimum atomic E-state index is -0.195. The molecule has 26 heavy (non-hydrogen) atoms. The van der Waals surface area contributed by atoms with Crippen LogP contribution in [-0.2, 0) is 4.79 Å². The lowest BCUT2D eigenvalue weighted by Crippen LogP contribution is -2.32. The van der Waals surface area contributed by atoms with Gasteiger partial charge in [0.1, 0.15) is 5.75 Å². The summed E-state index contributed by atoms with van der Waals surface area (Å²) in [7, 11) is 3.18. The van der Waals surface area contributed by atoms with Crippen molar-refractivity contribution in [2.24, 2.45) is 0 Å². The van der Waals surface area contributed by atoms with Gasteiger partial charge in [-0.25, -0.2) is 0 Å². The van der Waals surface area contributed by atoms with Crippen LogP contribution in [0.5, 0.6) is 17.2 Å². The predicted molar refractivity (Wildman–Crippen MR) is 102 cm³/mol. The third-order valence-corrected chi connectivity index (χ3v) is 4.48. The summed E-state index contributed by atoms with van der Waals surface area (Å²) in [6.45, 7) is 3.83. The quantitative estimate of drug-likeness (QED) is 0.744. The summed E-state index contributed by atoms with van der Waals surface area (Å²) in [4.78, 5) is 12.3. The summed E-state index contributed by atoms with van der Waals surface area (Å²) in [6, 6.07) is 10.8. The number of carbonyl (C=O) groups is 1. The summed E-state index contributed by atoms with van der Waals surface area (Å²) in [5.74, 6) is 1.70. The number of carbonyl (C=O) groups excluding carboxylic acids is 1. The Morgan fingerprint density at radius 3 is 2.46 bits per heavy atom. The normalized spacial score (nSPS) is 11.6. The fraction of sp³-hybridized carbons (Fsp3) is 0.350. The lowest BCUT2D eigenvalue weighted by atomic mass is 10.0. The first-order chi connectivity index (χ1) is 12.5. The summed E-state index contributed by atoms with van der Waals surface area (Å²) >= 11 is 5.99. The molecule has 2 aromatic carbocycles. The molecule has 0 aliphatic carbocycles. The molecule has 0 spiro atoms. The number of rotatable bonds is 8. The number of hydrogen-bond acceptors (Lipinski definition) is 4. The van der Waals surface area contributed by atoms with Gasteiger partial charge in [-0.05, 0) is 54.8 Å². The first-order valence-corrected chi connectivity index (χ1v) is 8.76. The molecule has 140 valence electrons. The van der Waals surface area contributed by atoms with Crippen LogP contribution < -0.4 is 19.5 Å². The molecule has 1 N–H and O–H groups in total. The Morgan fingerprint density at radius 2 is 1.85 bits per heavy atom. The minimum Gasteiger partial charge on any atom is -0.493 e. The van der Waals surface area contributed by atoms with Crippen LogP contribution >= 0.6 is 11.6 Å². The summed E-state index contributed by atoms with van der Waals surface area (Å²) in [5, 5.41) is 3.65. The van der Waals surface area contributed by atoms with E-state index >= 15 is 0 Å². The largest absolute Gasteiger partial charge is 0.493 e. The van der Waals surface area contributed by atoms with Crippen molar-refractivity contribution in [3.63, 3.8) is 0 Å². The molecule has 0 bridgehead atoms. The topological polar surface area (TPSA) is 56.8 Å². The minimum absolute atomic E-state index is 0.0646. The Kier molecular flexibility index (Phi) is 7.16. The van der Waals surface area contributed by atoms with Crippen molar-refractivity contribution in [2.45, 2.75) is 26.3 Å². The second kappa shape index (κ2) is 9.34. The van der Waals surface area contributed by atoms with Crippen molar-refractivity contribution in [1.29, 1.82) is 0 Å². The molecule has 2 rings (SSSR count). The first-order valence-electron chi connectivity index (χ1n) is 8.38. The van der Waals surface area contributed by atoms with Crippen LogP contribution in [0.25, 0.3) is 0 Å². The molecule has 0 aromatic heterocycles. The van der Waals surface area contributed by atoms with Crippen LogP contribution in [0.15, 0.2) is 36.4 Å². The highest BCUT2D eigenvalue weighted by Crippen LogP contribution is 2.30. The summed E-state index contributed by atoms with van der Waals surface area (Å²) in [6.07, 6.45) is 0.737. The lowest BCUT2D eigenvalue weighted by molar-refractivity contribution is -0.123. The maximum atomic E-state index is 12.3. The number of benzene rings is 2. The van der Waals surface area contributed by atoms with Crippen molar-refractivity contribution >= 4 is 17.5 Å². The van der Waals surface area contributed by atoms with Gasteiger partial charge in [-0.2, -0.15) is 0 Å². The highest BCUT2D eigenvalue weighted by atomic mass is 35.5. The van der Waals surface area contributed by atoms with Gasteiger partial charge in [0.15, 0.2) is 18.1 Å². The Bertz CT molecular complexity index is 763. The second-order valence-corrected chi connectivity index (χ2v) is 6.25. The van der Waals surface area contributed by atoms with E-state index in [4.69, 9.17) is 25.8 Å². The molecule has 2 aromatic rings. The van der Waals surface area contributed by atoms with Crippen LogP contribution in [0.1, 0.15) is 30.5 Å². The maximum absolute atomic E-state index is 12.3. The van der Waals surface area contributed by atoms with Crippen LogP contribution in [0, 0.1) is 6.92 Å². The third-order valence-electron chi connectivity index (χ3n) is 4.05. The number of hydrogen-bond donors (Lipinski definition) is 1. The van der Waals surface area contributed by atoms with E-state index in [-0.39, 0.29) is 18.6 Å². The van der Waals surface area contributed by atoms with E-state index in [1.165, 1.54) is 0 Å². The Labute approximate surface area is 159 Å². The molecule has 0 aliphatic rings. The molecule has 0 saturated carbocycles. The molecule has 6 heteroatoms. The van der Waals surface area contributed by atoms with Crippen molar-refractivity contribution in [3.8, 4) is 17.2 Å². The monoisotopic (exact) mass is 377 g/mol. The van der Waals surface area contributed by atoms with Crippen LogP contribution in [0.2, 0.25) is 5.02 Å². The molecule has 0 aliphatic heterocycles. The zero-order valence-corrected chi connectivity index (χ0v) is 16.2. The fourth-order valence-electron chi connectivity index (χ4n) is 2.58. The number of methoxy groups -OCH3 is 2. The van der Waals surface area contributed by atoms with E-state index in [9.17, 15) is 4.79 Å². The number of amides is 1. The molecule has 0 heterocycles. The molecule has 1 amide bonds. The molecule has 5 nitrogen and oxygen atoms in total. The smallest absolute Gasteiger partial charge is 0.258 e. The maximum Gasteiger partial charge on any atom is 0.258 e. The fourth-order valence-corrected chi connectivity index (χ4v) is 2.70. The second-order valence-electron chi connectivity index (χ2n) is 5.84. The lowest BCUT2D eigenvalue weighted by Gasteiger charge is -2.19. The molecular weight excluding hydrogens is 354 g/mol. The number of ether oxygens (including phenoxy) is 3. The average Bonchev–Trinajstić information content (AvgIpc) is 2.66. The van der Waals surface area contributed by atoms with Gasteiger partial charge in [0, 0.05) is 5.02 Å². The molecule has 1 unspecified atom stereocenters. The van der Waals surface area contributed by atoms with Gasteiger partial charge in [-0.3, -0.25) is 4.79 Å². The molecule has 0 fully saturated rings. The van der Waals surface area contributed by atoms with E-state index in [0.29, 0.717) is 22.3 Å². The van der Waals surface area contributed by atoms with E-state index in [2.05, 4.69) is 5.32 Å². The molecule has 1 atom stereocenters. The number of halogens is 1. The van der Waals surface area contributed by atoms with Crippen LogP contribution in [-0.4, -0.2) is 26.7 Å². The Morgan fingerprint density at radius 1 is 1.12 bits per heavy atom. The summed E-state index contributed by atoms with van der Waals surface area (Å²) < 4.78 is 16.1.